The van der Waals surface area contributed by atoms with Crippen LogP contribution in [-0.2, 0) is 24.0 Å². The topological polar surface area (TPSA) is 208 Å². The number of nitrogens with two attached hydrogens (primary N) is 1. The molecule has 0 aromatic heterocycles. The fraction of sp³-hybridized carbons (Fsp3) is 0.722. The molecular weight excluding hydrogens is 432 g/mol. The maximum atomic E-state index is 12.5. The SMILES string of the molecule is CC(C)CC(N)C(=O)NC(CS)C(=O)NC(C(=O)NC(CCC(=O)O)C(=O)O)C(C)O. The van der Waals surface area contributed by atoms with Crippen molar-refractivity contribution in [2.24, 2.45) is 11.7 Å². The minimum absolute atomic E-state index is 0.128. The van der Waals surface area contributed by atoms with Gasteiger partial charge in [0, 0.05) is 12.2 Å². The van der Waals surface area contributed by atoms with Gasteiger partial charge in [-0.3, -0.25) is 19.2 Å². The van der Waals surface area contributed by atoms with Gasteiger partial charge in [-0.1, -0.05) is 13.8 Å². The molecule has 0 aromatic rings. The summed E-state index contributed by atoms with van der Waals surface area (Å²) in [5.41, 5.74) is 5.78. The van der Waals surface area contributed by atoms with E-state index in [-0.39, 0.29) is 18.1 Å². The number of hydrogen-bond acceptors (Lipinski definition) is 8. The molecule has 0 heterocycles. The van der Waals surface area contributed by atoms with Gasteiger partial charge < -0.3 is 37.0 Å². The van der Waals surface area contributed by atoms with Crippen LogP contribution in [-0.4, -0.2) is 81.0 Å². The number of nitrogens with one attached hydrogen (secondary N) is 3. The van der Waals surface area contributed by atoms with E-state index in [1.807, 2.05) is 13.8 Å². The Hall–Kier alpha value is -2.38. The molecule has 0 bridgehead atoms. The summed E-state index contributed by atoms with van der Waals surface area (Å²) in [4.78, 5) is 59.0. The Balaban J connectivity index is 5.17. The molecule has 0 aliphatic carbocycles. The van der Waals surface area contributed by atoms with Crippen LogP contribution in [0.1, 0.15) is 40.0 Å². The Bertz CT molecular complexity index is 658. The molecule has 178 valence electrons. The second-order valence-electron chi connectivity index (χ2n) is 7.54. The number of carbonyl (C=O) groups excluding carboxylic acids is 3. The number of amides is 3. The Morgan fingerprint density at radius 1 is 0.903 bits per heavy atom. The second kappa shape index (κ2) is 13.8. The summed E-state index contributed by atoms with van der Waals surface area (Å²) in [5.74, 6) is -5.14. The largest absolute Gasteiger partial charge is 0.481 e. The number of carbonyl (C=O) groups is 5. The highest BCUT2D eigenvalue weighted by atomic mass is 32.1. The predicted molar refractivity (Wildman–Crippen MR) is 113 cm³/mol. The first-order valence-corrected chi connectivity index (χ1v) is 10.3. The fourth-order valence-corrected chi connectivity index (χ4v) is 2.79. The van der Waals surface area contributed by atoms with Crippen molar-refractivity contribution in [3.05, 3.63) is 0 Å². The predicted octanol–water partition coefficient (Wildman–Crippen LogP) is -1.93. The highest BCUT2D eigenvalue weighted by Crippen LogP contribution is 2.05. The van der Waals surface area contributed by atoms with Crippen molar-refractivity contribution in [3.63, 3.8) is 0 Å². The average Bonchev–Trinajstić information content (AvgIpc) is 2.65. The molecule has 31 heavy (non-hydrogen) atoms. The molecule has 5 unspecified atom stereocenters. The Morgan fingerprint density at radius 3 is 1.87 bits per heavy atom. The molecule has 0 rings (SSSR count). The summed E-state index contributed by atoms with van der Waals surface area (Å²) in [6.45, 7) is 4.95. The first-order chi connectivity index (χ1) is 14.3. The number of aliphatic hydroxyl groups excluding tert-OH is 1. The smallest absolute Gasteiger partial charge is 0.326 e. The summed E-state index contributed by atoms with van der Waals surface area (Å²) >= 11 is 4.01. The molecule has 8 N–H and O–H groups in total. The quantitative estimate of drug-likeness (QED) is 0.134. The summed E-state index contributed by atoms with van der Waals surface area (Å²) < 4.78 is 0. The number of carboxylic acid groups (broad SMARTS) is 2. The van der Waals surface area contributed by atoms with E-state index in [2.05, 4.69) is 28.6 Å². The number of rotatable bonds is 14. The molecule has 3 amide bonds. The Labute approximate surface area is 185 Å². The summed E-state index contributed by atoms with van der Waals surface area (Å²) in [7, 11) is 0. The molecular formula is C18H32N4O8S. The van der Waals surface area contributed by atoms with Gasteiger partial charge in [-0.2, -0.15) is 12.6 Å². The van der Waals surface area contributed by atoms with Crippen LogP contribution in [0.3, 0.4) is 0 Å². The van der Waals surface area contributed by atoms with E-state index in [1.54, 1.807) is 0 Å². The molecule has 0 saturated carbocycles. The average molecular weight is 465 g/mol. The molecule has 12 nitrogen and oxygen atoms in total. The standard InChI is InChI=1S/C18H32N4O8S/c1-8(2)6-10(19)15(26)21-12(7-31)16(27)22-14(9(3)23)17(28)20-11(18(29)30)4-5-13(24)25/h8-12,14,23,31H,4-7,19H2,1-3H3,(H,20,28)(H,21,26)(H,22,27)(H,24,25)(H,29,30). The number of hydrogen-bond donors (Lipinski definition) is 8. The van der Waals surface area contributed by atoms with Crippen LogP contribution in [0.2, 0.25) is 0 Å². The molecule has 0 radical (unpaired) electrons. The lowest BCUT2D eigenvalue weighted by Crippen LogP contribution is -2.60. The van der Waals surface area contributed by atoms with E-state index >= 15 is 0 Å². The molecule has 13 heteroatoms. The minimum atomic E-state index is -1.55. The maximum Gasteiger partial charge on any atom is 0.326 e. The third-order valence-corrected chi connectivity index (χ3v) is 4.57. The van der Waals surface area contributed by atoms with Gasteiger partial charge in [0.05, 0.1) is 12.1 Å². The van der Waals surface area contributed by atoms with E-state index in [0.717, 1.165) is 0 Å². The van der Waals surface area contributed by atoms with Crippen LogP contribution in [0.25, 0.3) is 0 Å². The zero-order valence-corrected chi connectivity index (χ0v) is 18.6. The fourth-order valence-electron chi connectivity index (χ4n) is 2.53. The minimum Gasteiger partial charge on any atom is -0.481 e. The molecule has 0 aromatic carbocycles. The van der Waals surface area contributed by atoms with Crippen LogP contribution in [0, 0.1) is 5.92 Å². The van der Waals surface area contributed by atoms with Crippen molar-refractivity contribution in [2.75, 3.05) is 5.75 Å². The molecule has 0 fully saturated rings. The normalized spacial score (nSPS) is 15.8. The lowest BCUT2D eigenvalue weighted by Gasteiger charge is -2.26. The highest BCUT2D eigenvalue weighted by Gasteiger charge is 2.32. The Kier molecular flexibility index (Phi) is 12.8. The number of carboxylic acids is 2. The summed E-state index contributed by atoms with van der Waals surface area (Å²) in [6.07, 6.45) is -1.93. The van der Waals surface area contributed by atoms with E-state index in [0.29, 0.717) is 6.42 Å². The van der Waals surface area contributed by atoms with Crippen LogP contribution in [0.15, 0.2) is 0 Å². The van der Waals surface area contributed by atoms with E-state index in [4.69, 9.17) is 15.9 Å². The van der Waals surface area contributed by atoms with Gasteiger partial charge in [0.1, 0.15) is 18.1 Å². The van der Waals surface area contributed by atoms with Gasteiger partial charge in [-0.25, -0.2) is 4.79 Å². The first-order valence-electron chi connectivity index (χ1n) is 9.70. The monoisotopic (exact) mass is 464 g/mol. The van der Waals surface area contributed by atoms with Gasteiger partial charge in [-0.05, 0) is 25.7 Å². The van der Waals surface area contributed by atoms with E-state index in [1.165, 1.54) is 6.92 Å². The molecule has 0 aliphatic rings. The van der Waals surface area contributed by atoms with Crippen molar-refractivity contribution in [3.8, 4) is 0 Å². The van der Waals surface area contributed by atoms with Gasteiger partial charge >= 0.3 is 11.9 Å². The number of thiol groups is 1. The summed E-state index contributed by atoms with van der Waals surface area (Å²) in [5, 5.41) is 34.5. The van der Waals surface area contributed by atoms with Crippen molar-refractivity contribution >= 4 is 42.3 Å². The zero-order chi connectivity index (χ0) is 24.3. The molecule has 0 spiro atoms. The maximum absolute atomic E-state index is 12.5. The third-order valence-electron chi connectivity index (χ3n) is 4.20. The van der Waals surface area contributed by atoms with Crippen molar-refractivity contribution in [1.82, 2.24) is 16.0 Å². The van der Waals surface area contributed by atoms with Crippen LogP contribution in [0.4, 0.5) is 0 Å². The first kappa shape index (κ1) is 28.6. The number of aliphatic carboxylic acids is 2. The number of aliphatic hydroxyl groups is 1. The summed E-state index contributed by atoms with van der Waals surface area (Å²) in [6, 6.07) is -5.10. The third kappa shape index (κ3) is 11.0. The van der Waals surface area contributed by atoms with Crippen molar-refractivity contribution in [1.29, 1.82) is 0 Å². The van der Waals surface area contributed by atoms with Gasteiger partial charge in [0.15, 0.2) is 0 Å². The van der Waals surface area contributed by atoms with Gasteiger partial charge in [0.2, 0.25) is 17.7 Å². The van der Waals surface area contributed by atoms with Crippen LogP contribution >= 0.6 is 12.6 Å². The zero-order valence-electron chi connectivity index (χ0n) is 17.7. The highest BCUT2D eigenvalue weighted by molar-refractivity contribution is 7.80. The van der Waals surface area contributed by atoms with E-state index in [9.17, 15) is 29.1 Å². The van der Waals surface area contributed by atoms with Crippen LogP contribution in [0.5, 0.6) is 0 Å². The second-order valence-corrected chi connectivity index (χ2v) is 7.90. The molecule has 0 aliphatic heterocycles. The van der Waals surface area contributed by atoms with Crippen molar-refractivity contribution < 1.29 is 39.3 Å². The Morgan fingerprint density at radius 2 is 1.45 bits per heavy atom. The van der Waals surface area contributed by atoms with Gasteiger partial charge in [-0.15, -0.1) is 0 Å². The van der Waals surface area contributed by atoms with Crippen molar-refractivity contribution in [2.45, 2.75) is 70.3 Å². The van der Waals surface area contributed by atoms with Crippen LogP contribution < -0.4 is 21.7 Å². The molecule has 0 saturated heterocycles. The lowest BCUT2D eigenvalue weighted by molar-refractivity contribution is -0.144. The lowest BCUT2D eigenvalue weighted by atomic mass is 10.0. The van der Waals surface area contributed by atoms with Gasteiger partial charge in [0.25, 0.3) is 0 Å². The van der Waals surface area contributed by atoms with E-state index < -0.39 is 66.4 Å². The molecule has 5 atom stereocenters.